The molecule has 0 bridgehead atoms. The molecule has 0 saturated carbocycles. The van der Waals surface area contributed by atoms with Gasteiger partial charge in [0.15, 0.2) is 0 Å². The lowest BCUT2D eigenvalue weighted by atomic mass is 10.3. The number of nitrogens with zero attached hydrogens (tertiary/aromatic N) is 5. The van der Waals surface area contributed by atoms with E-state index in [1.807, 2.05) is 0 Å². The summed E-state index contributed by atoms with van der Waals surface area (Å²) in [5, 5.41) is 2.70. The van der Waals surface area contributed by atoms with Crippen LogP contribution in [0, 0.1) is 0 Å². The van der Waals surface area contributed by atoms with Gasteiger partial charge in [-0.3, -0.25) is 9.99 Å². The van der Waals surface area contributed by atoms with Crippen LogP contribution in [0.2, 0.25) is 0 Å². The van der Waals surface area contributed by atoms with Crippen LogP contribution in [-0.4, -0.2) is 37.2 Å². The third-order valence-corrected chi connectivity index (χ3v) is 2.41. The first kappa shape index (κ1) is 15.0. The van der Waals surface area contributed by atoms with Gasteiger partial charge in [0.2, 0.25) is 17.8 Å². The maximum absolute atomic E-state index is 12.0. The molecule has 8 nitrogen and oxygen atoms in total. The van der Waals surface area contributed by atoms with E-state index in [1.165, 1.54) is 17.1 Å². The van der Waals surface area contributed by atoms with Gasteiger partial charge in [0.25, 0.3) is 0 Å². The summed E-state index contributed by atoms with van der Waals surface area (Å²) in [5.74, 6) is 5.71. The summed E-state index contributed by atoms with van der Waals surface area (Å²) >= 11 is 0. The molecule has 0 amide bonds. The maximum Gasteiger partial charge on any atom is 0.389 e. The van der Waals surface area contributed by atoms with E-state index in [2.05, 4.69) is 30.7 Å². The molecule has 0 aliphatic rings. The first-order valence-corrected chi connectivity index (χ1v) is 5.99. The zero-order valence-corrected chi connectivity index (χ0v) is 10.8. The third-order valence-electron chi connectivity index (χ3n) is 2.41. The maximum atomic E-state index is 12.0. The first-order valence-electron chi connectivity index (χ1n) is 5.99. The van der Waals surface area contributed by atoms with Crippen LogP contribution < -0.4 is 16.6 Å². The van der Waals surface area contributed by atoms with E-state index in [-0.39, 0.29) is 30.8 Å². The summed E-state index contributed by atoms with van der Waals surface area (Å²) < 4.78 is 37.7. The van der Waals surface area contributed by atoms with E-state index in [9.17, 15) is 13.2 Å². The normalized spacial score (nSPS) is 11.4. The highest BCUT2D eigenvalue weighted by molar-refractivity contribution is 5.37. The van der Waals surface area contributed by atoms with Crippen molar-refractivity contribution >= 4 is 11.9 Å². The number of aromatic nitrogens is 5. The fourth-order valence-corrected chi connectivity index (χ4v) is 1.49. The van der Waals surface area contributed by atoms with Crippen LogP contribution in [0.15, 0.2) is 18.7 Å². The SMILES string of the molecule is NNc1nc(NCCCC(F)(F)F)nc(-n2ccnc2)n1. The first-order chi connectivity index (χ1) is 9.98. The van der Waals surface area contributed by atoms with Crippen molar-refractivity contribution in [3.63, 3.8) is 0 Å². The van der Waals surface area contributed by atoms with Crippen LogP contribution in [0.3, 0.4) is 0 Å². The number of rotatable bonds is 6. The average Bonchev–Trinajstić information content (AvgIpc) is 2.96. The number of imidazole rings is 1. The van der Waals surface area contributed by atoms with Crippen molar-refractivity contribution in [2.45, 2.75) is 19.0 Å². The van der Waals surface area contributed by atoms with Crippen molar-refractivity contribution in [2.75, 3.05) is 17.3 Å². The number of hydrogen-bond acceptors (Lipinski definition) is 7. The second-order valence-corrected chi connectivity index (χ2v) is 4.04. The number of hydrogen-bond donors (Lipinski definition) is 3. The van der Waals surface area contributed by atoms with Crippen molar-refractivity contribution < 1.29 is 13.2 Å². The summed E-state index contributed by atoms with van der Waals surface area (Å²) in [6, 6.07) is 0. The van der Waals surface area contributed by atoms with Crippen LogP contribution in [0.25, 0.3) is 5.95 Å². The molecule has 11 heteroatoms. The number of hydrazine groups is 1. The summed E-state index contributed by atoms with van der Waals surface area (Å²) in [7, 11) is 0. The number of nitrogen functional groups attached to an aromatic ring is 1. The molecular weight excluding hydrogens is 289 g/mol. The number of nitrogens with one attached hydrogen (secondary N) is 2. The van der Waals surface area contributed by atoms with Crippen LogP contribution in [-0.2, 0) is 0 Å². The zero-order valence-electron chi connectivity index (χ0n) is 10.8. The van der Waals surface area contributed by atoms with Gasteiger partial charge in [0, 0.05) is 25.4 Å². The zero-order chi connectivity index (χ0) is 15.3. The predicted octanol–water partition coefficient (Wildman–Crippen LogP) is 1.10. The van der Waals surface area contributed by atoms with Crippen molar-refractivity contribution in [1.82, 2.24) is 24.5 Å². The van der Waals surface area contributed by atoms with E-state index in [0.29, 0.717) is 0 Å². The molecule has 114 valence electrons. The van der Waals surface area contributed by atoms with Crippen molar-refractivity contribution in [3.8, 4) is 5.95 Å². The number of nitrogens with two attached hydrogens (primary N) is 1. The van der Waals surface area contributed by atoms with Gasteiger partial charge >= 0.3 is 6.18 Å². The summed E-state index contributed by atoms with van der Waals surface area (Å²) in [6.07, 6.45) is -0.503. The molecular formula is C10H13F3N8. The predicted molar refractivity (Wildman–Crippen MR) is 68.5 cm³/mol. The molecule has 2 aromatic heterocycles. The fraction of sp³-hybridized carbons (Fsp3) is 0.400. The van der Waals surface area contributed by atoms with E-state index in [4.69, 9.17) is 5.84 Å². The van der Waals surface area contributed by atoms with Crippen LogP contribution >= 0.6 is 0 Å². The Hall–Kier alpha value is -2.43. The van der Waals surface area contributed by atoms with Gasteiger partial charge in [0.1, 0.15) is 6.33 Å². The molecule has 0 spiro atoms. The number of anilines is 2. The van der Waals surface area contributed by atoms with Gasteiger partial charge < -0.3 is 5.32 Å². The second kappa shape index (κ2) is 6.35. The minimum absolute atomic E-state index is 0.0803. The van der Waals surface area contributed by atoms with Crippen molar-refractivity contribution in [3.05, 3.63) is 18.7 Å². The Morgan fingerprint density at radius 1 is 1.19 bits per heavy atom. The molecule has 0 unspecified atom stereocenters. The minimum atomic E-state index is -4.17. The lowest BCUT2D eigenvalue weighted by Gasteiger charge is -2.09. The largest absolute Gasteiger partial charge is 0.389 e. The Bertz CT molecular complexity index is 568. The Morgan fingerprint density at radius 2 is 1.95 bits per heavy atom. The van der Waals surface area contributed by atoms with Gasteiger partial charge in [-0.1, -0.05) is 0 Å². The molecule has 0 aromatic carbocycles. The molecule has 0 atom stereocenters. The highest BCUT2D eigenvalue weighted by atomic mass is 19.4. The summed E-state index contributed by atoms with van der Waals surface area (Å²) in [5.41, 5.74) is 2.27. The monoisotopic (exact) mass is 302 g/mol. The van der Waals surface area contributed by atoms with E-state index >= 15 is 0 Å². The molecule has 0 saturated heterocycles. The van der Waals surface area contributed by atoms with Crippen molar-refractivity contribution in [1.29, 1.82) is 0 Å². The number of alkyl halides is 3. The molecule has 0 radical (unpaired) electrons. The quantitative estimate of drug-likeness (QED) is 0.416. The Balaban J connectivity index is 2.04. The molecule has 2 aromatic rings. The van der Waals surface area contributed by atoms with Gasteiger partial charge in [-0.05, 0) is 6.42 Å². The summed E-state index contributed by atoms with van der Waals surface area (Å²) in [4.78, 5) is 15.8. The highest BCUT2D eigenvalue weighted by Crippen LogP contribution is 2.21. The van der Waals surface area contributed by atoms with Crippen LogP contribution in [0.5, 0.6) is 0 Å². The Labute approximate surface area is 117 Å². The smallest absolute Gasteiger partial charge is 0.354 e. The third kappa shape index (κ3) is 4.56. The molecule has 0 fully saturated rings. The Morgan fingerprint density at radius 3 is 2.57 bits per heavy atom. The molecule has 4 N–H and O–H groups in total. The summed E-state index contributed by atoms with van der Waals surface area (Å²) in [6.45, 7) is 0.0803. The number of halogens is 3. The van der Waals surface area contributed by atoms with Crippen LogP contribution in [0.1, 0.15) is 12.8 Å². The molecule has 2 heterocycles. The van der Waals surface area contributed by atoms with Crippen molar-refractivity contribution in [2.24, 2.45) is 5.84 Å². The van der Waals surface area contributed by atoms with Gasteiger partial charge in [0.05, 0.1) is 0 Å². The lowest BCUT2D eigenvalue weighted by molar-refractivity contribution is -0.134. The van der Waals surface area contributed by atoms with Crippen LogP contribution in [0.4, 0.5) is 25.1 Å². The molecule has 0 aliphatic heterocycles. The molecule has 2 rings (SSSR count). The van der Waals surface area contributed by atoms with E-state index < -0.39 is 12.6 Å². The highest BCUT2D eigenvalue weighted by Gasteiger charge is 2.25. The molecule has 0 aliphatic carbocycles. The average molecular weight is 302 g/mol. The second-order valence-electron chi connectivity index (χ2n) is 4.04. The van der Waals surface area contributed by atoms with Gasteiger partial charge in [-0.2, -0.15) is 28.1 Å². The molecule has 21 heavy (non-hydrogen) atoms. The topological polar surface area (TPSA) is 107 Å². The minimum Gasteiger partial charge on any atom is -0.354 e. The van der Waals surface area contributed by atoms with E-state index in [0.717, 1.165) is 0 Å². The van der Waals surface area contributed by atoms with E-state index in [1.54, 1.807) is 6.20 Å². The van der Waals surface area contributed by atoms with Gasteiger partial charge in [-0.25, -0.2) is 10.8 Å². The fourth-order valence-electron chi connectivity index (χ4n) is 1.49. The Kier molecular flexibility index (Phi) is 4.52. The van der Waals surface area contributed by atoms with Gasteiger partial charge in [-0.15, -0.1) is 0 Å². The lowest BCUT2D eigenvalue weighted by Crippen LogP contribution is -2.16. The standard InChI is InChI=1S/C10H13F3N8/c11-10(12,13)2-1-3-16-7-17-8(20-14)19-9(18-7)21-5-4-15-6-21/h4-6H,1-3,14H2,(H2,16,17,18,19,20).